The van der Waals surface area contributed by atoms with Crippen molar-refractivity contribution in [3.63, 3.8) is 0 Å². The van der Waals surface area contributed by atoms with Gasteiger partial charge in [-0.3, -0.25) is 9.59 Å². The Morgan fingerprint density at radius 2 is 1.52 bits per heavy atom. The predicted molar refractivity (Wildman–Crippen MR) is 96.5 cm³/mol. The highest BCUT2D eigenvalue weighted by atomic mass is 35.5. The summed E-state index contributed by atoms with van der Waals surface area (Å²) in [7, 11) is -4.00. The monoisotopic (exact) mass is 413 g/mol. The van der Waals surface area contributed by atoms with Crippen LogP contribution in [0.15, 0.2) is 53.4 Å². The van der Waals surface area contributed by atoms with Gasteiger partial charge in [0.2, 0.25) is 10.0 Å². The minimum atomic E-state index is -4.00. The van der Waals surface area contributed by atoms with E-state index in [-0.39, 0.29) is 4.90 Å². The summed E-state index contributed by atoms with van der Waals surface area (Å²) >= 11 is 5.79. The highest BCUT2D eigenvalue weighted by Gasteiger charge is 2.24. The lowest BCUT2D eigenvalue weighted by Crippen LogP contribution is -2.34. The molecule has 10 heteroatoms. The summed E-state index contributed by atoms with van der Waals surface area (Å²) in [5.41, 5.74) is 0. The van der Waals surface area contributed by atoms with Crippen molar-refractivity contribution in [2.75, 3.05) is 6.54 Å². The topological polar surface area (TPSA) is 130 Å². The van der Waals surface area contributed by atoms with Gasteiger partial charge >= 0.3 is 11.9 Å². The number of hydrogen-bond acceptors (Lipinski definition) is 5. The summed E-state index contributed by atoms with van der Waals surface area (Å²) in [6, 6.07) is 12.1. The average Bonchev–Trinajstić information content (AvgIpc) is 2.60. The van der Waals surface area contributed by atoms with Crippen LogP contribution in [-0.2, 0) is 19.6 Å². The van der Waals surface area contributed by atoms with Crippen LogP contribution in [0.2, 0.25) is 5.02 Å². The van der Waals surface area contributed by atoms with Gasteiger partial charge in [-0.25, -0.2) is 13.1 Å². The Bertz CT molecular complexity index is 911. The number of ether oxygens (including phenoxy) is 1. The van der Waals surface area contributed by atoms with Crippen molar-refractivity contribution >= 4 is 33.6 Å². The predicted octanol–water partition coefficient (Wildman–Crippen LogP) is 2.59. The zero-order chi connectivity index (χ0) is 20.0. The number of sulfonamides is 1. The average molecular weight is 414 g/mol. The number of carbonyl (C=O) groups is 2. The normalized spacial score (nSPS) is 12.3. The highest BCUT2D eigenvalue weighted by Crippen LogP contribution is 2.24. The molecule has 0 heterocycles. The third-order valence-electron chi connectivity index (χ3n) is 3.47. The molecule has 2 aromatic carbocycles. The van der Waals surface area contributed by atoms with Gasteiger partial charge in [0.1, 0.15) is 11.5 Å². The number of carboxylic acids is 2. The lowest BCUT2D eigenvalue weighted by Gasteiger charge is -2.12. The number of halogens is 1. The second kappa shape index (κ2) is 8.85. The van der Waals surface area contributed by atoms with E-state index in [9.17, 15) is 18.0 Å². The Morgan fingerprint density at radius 3 is 2.00 bits per heavy atom. The Morgan fingerprint density at radius 1 is 1.00 bits per heavy atom. The fraction of sp³-hybridized carbons (Fsp3) is 0.176. The maximum atomic E-state index is 12.2. The lowest BCUT2D eigenvalue weighted by atomic mass is 10.1. The molecule has 3 N–H and O–H groups in total. The van der Waals surface area contributed by atoms with E-state index >= 15 is 0 Å². The van der Waals surface area contributed by atoms with Crippen molar-refractivity contribution in [3.8, 4) is 11.5 Å². The number of carboxylic acid groups (broad SMARTS) is 2. The molecule has 0 spiro atoms. The van der Waals surface area contributed by atoms with Crippen molar-refractivity contribution < 1.29 is 33.0 Å². The van der Waals surface area contributed by atoms with Crippen molar-refractivity contribution in [2.24, 2.45) is 5.92 Å². The molecule has 0 saturated heterocycles. The first-order valence-electron chi connectivity index (χ1n) is 7.65. The fourth-order valence-electron chi connectivity index (χ4n) is 2.08. The van der Waals surface area contributed by atoms with Crippen molar-refractivity contribution in [2.45, 2.75) is 11.3 Å². The molecule has 2 rings (SSSR count). The first-order chi connectivity index (χ1) is 12.7. The third kappa shape index (κ3) is 6.24. The molecule has 1 atom stereocenters. The first kappa shape index (κ1) is 20.7. The van der Waals surface area contributed by atoms with Crippen LogP contribution in [0.4, 0.5) is 0 Å². The maximum absolute atomic E-state index is 12.2. The van der Waals surface area contributed by atoms with Crippen LogP contribution in [0.3, 0.4) is 0 Å². The highest BCUT2D eigenvalue weighted by molar-refractivity contribution is 7.89. The van der Waals surface area contributed by atoms with E-state index in [4.69, 9.17) is 26.6 Å². The van der Waals surface area contributed by atoms with Crippen molar-refractivity contribution in [1.82, 2.24) is 4.72 Å². The van der Waals surface area contributed by atoms with Gasteiger partial charge in [-0.2, -0.15) is 0 Å². The second-order valence-electron chi connectivity index (χ2n) is 5.51. The molecule has 0 bridgehead atoms. The first-order valence-corrected chi connectivity index (χ1v) is 9.51. The summed E-state index contributed by atoms with van der Waals surface area (Å²) in [5, 5.41) is 18.2. The summed E-state index contributed by atoms with van der Waals surface area (Å²) < 4.78 is 32.2. The Balaban J connectivity index is 2.04. The molecule has 0 aliphatic rings. The summed E-state index contributed by atoms with van der Waals surface area (Å²) in [5.74, 6) is -3.18. The van der Waals surface area contributed by atoms with Crippen molar-refractivity contribution in [1.29, 1.82) is 0 Å². The largest absolute Gasteiger partial charge is 0.481 e. The molecule has 8 nitrogen and oxygen atoms in total. The van der Waals surface area contributed by atoms with Crippen LogP contribution < -0.4 is 9.46 Å². The number of hydrogen-bond donors (Lipinski definition) is 3. The SMILES string of the molecule is O=C(O)CC(CNS(=O)(=O)c1ccc(Oc2ccc(Cl)cc2)cc1)C(=O)O. The molecule has 144 valence electrons. The van der Waals surface area contributed by atoms with Gasteiger partial charge in [-0.15, -0.1) is 0 Å². The van der Waals surface area contributed by atoms with E-state index in [0.717, 1.165) is 0 Å². The molecule has 0 fully saturated rings. The smallest absolute Gasteiger partial charge is 0.308 e. The van der Waals surface area contributed by atoms with E-state index in [2.05, 4.69) is 4.72 Å². The number of rotatable bonds is 9. The van der Waals surface area contributed by atoms with E-state index in [1.165, 1.54) is 24.3 Å². The summed E-state index contributed by atoms with van der Waals surface area (Å²) in [6.45, 7) is -0.535. The molecule has 0 saturated carbocycles. The maximum Gasteiger partial charge on any atom is 0.308 e. The van der Waals surface area contributed by atoms with Crippen LogP contribution in [0.5, 0.6) is 11.5 Å². The minimum Gasteiger partial charge on any atom is -0.481 e. The molecular formula is C17H16ClNO7S. The second-order valence-corrected chi connectivity index (χ2v) is 7.72. The Hall–Kier alpha value is -2.62. The molecule has 2 aromatic rings. The molecule has 0 aromatic heterocycles. The van der Waals surface area contributed by atoms with E-state index in [0.29, 0.717) is 16.5 Å². The van der Waals surface area contributed by atoms with Gasteiger partial charge in [0.15, 0.2) is 0 Å². The van der Waals surface area contributed by atoms with E-state index in [1.807, 2.05) is 0 Å². The molecule has 1 unspecified atom stereocenters. The van der Waals surface area contributed by atoms with Crippen LogP contribution in [0.25, 0.3) is 0 Å². The van der Waals surface area contributed by atoms with Crippen molar-refractivity contribution in [3.05, 3.63) is 53.6 Å². The summed E-state index contributed by atoms with van der Waals surface area (Å²) in [4.78, 5) is 21.6. The Kier molecular flexibility index (Phi) is 6.78. The van der Waals surface area contributed by atoms with Gasteiger partial charge < -0.3 is 14.9 Å². The van der Waals surface area contributed by atoms with Gasteiger partial charge in [-0.05, 0) is 48.5 Å². The standard InChI is InChI=1S/C17H16ClNO7S/c18-12-1-3-13(4-2-12)26-14-5-7-15(8-6-14)27(24,25)19-10-11(17(22)23)9-16(20)21/h1-8,11,19H,9-10H2,(H,20,21)(H,22,23). The van der Waals surface area contributed by atoms with E-state index in [1.54, 1.807) is 24.3 Å². The molecule has 0 amide bonds. The Labute approximate surface area is 160 Å². The number of aliphatic carboxylic acids is 2. The van der Waals surface area contributed by atoms with Crippen LogP contribution in [0.1, 0.15) is 6.42 Å². The molecular weight excluding hydrogens is 398 g/mol. The fourth-order valence-corrected chi connectivity index (χ4v) is 3.28. The van der Waals surface area contributed by atoms with Gasteiger partial charge in [-0.1, -0.05) is 11.6 Å². The molecule has 0 aliphatic carbocycles. The zero-order valence-corrected chi connectivity index (χ0v) is 15.4. The van der Waals surface area contributed by atoms with Gasteiger partial charge in [0.05, 0.1) is 17.2 Å². The van der Waals surface area contributed by atoms with Gasteiger partial charge in [0.25, 0.3) is 0 Å². The quantitative estimate of drug-likeness (QED) is 0.575. The summed E-state index contributed by atoms with van der Waals surface area (Å²) in [6.07, 6.45) is -0.689. The zero-order valence-electron chi connectivity index (χ0n) is 13.8. The minimum absolute atomic E-state index is 0.106. The number of benzene rings is 2. The van der Waals surface area contributed by atoms with Crippen LogP contribution in [0, 0.1) is 5.92 Å². The number of nitrogens with one attached hydrogen (secondary N) is 1. The van der Waals surface area contributed by atoms with Gasteiger partial charge in [0, 0.05) is 11.6 Å². The van der Waals surface area contributed by atoms with Crippen LogP contribution in [-0.4, -0.2) is 37.1 Å². The lowest BCUT2D eigenvalue weighted by molar-refractivity contribution is -0.147. The molecule has 0 radical (unpaired) electrons. The molecule has 27 heavy (non-hydrogen) atoms. The third-order valence-corrected chi connectivity index (χ3v) is 5.16. The van der Waals surface area contributed by atoms with E-state index < -0.39 is 40.8 Å². The van der Waals surface area contributed by atoms with Crippen LogP contribution >= 0.6 is 11.6 Å². The molecule has 0 aliphatic heterocycles.